The molecule has 0 fully saturated rings. The van der Waals surface area contributed by atoms with Crippen LogP contribution in [0.4, 0.5) is 25.0 Å². The molecule has 0 atom stereocenters. The molecule has 0 radical (unpaired) electrons. The fourth-order valence-corrected chi connectivity index (χ4v) is 2.27. The number of aromatic nitrogens is 2. The number of anilines is 2. The van der Waals surface area contributed by atoms with Crippen molar-refractivity contribution in [3.8, 4) is 0 Å². The van der Waals surface area contributed by atoms with Crippen LogP contribution in [0.25, 0.3) is 0 Å². The molecule has 2 aromatic carbocycles. The highest BCUT2D eigenvalue weighted by molar-refractivity contribution is 5.99. The third kappa shape index (κ3) is 4.41. The first-order valence-electron chi connectivity index (χ1n) is 7.61. The van der Waals surface area contributed by atoms with Crippen molar-refractivity contribution in [1.29, 1.82) is 0 Å². The molecule has 7 heteroatoms. The maximum absolute atomic E-state index is 13.5. The molecule has 128 valence electrons. The third-order valence-electron chi connectivity index (χ3n) is 3.54. The summed E-state index contributed by atoms with van der Waals surface area (Å²) in [4.78, 5) is 11.9. The molecule has 0 spiro atoms. The Kier molecular flexibility index (Phi) is 4.74. The van der Waals surface area contributed by atoms with Crippen LogP contribution in [0.3, 0.4) is 0 Å². The van der Waals surface area contributed by atoms with Gasteiger partial charge in [-0.2, -0.15) is 5.10 Å². The Balaban J connectivity index is 1.60. The Morgan fingerprint density at radius 3 is 2.60 bits per heavy atom. The van der Waals surface area contributed by atoms with Gasteiger partial charge in [-0.25, -0.2) is 13.6 Å². The van der Waals surface area contributed by atoms with E-state index in [1.165, 1.54) is 11.8 Å². The van der Waals surface area contributed by atoms with Crippen molar-refractivity contribution in [2.45, 2.75) is 13.5 Å². The second-order valence-electron chi connectivity index (χ2n) is 5.62. The lowest BCUT2D eigenvalue weighted by Gasteiger charge is -2.07. The smallest absolute Gasteiger partial charge is 0.305 e. The van der Waals surface area contributed by atoms with Crippen molar-refractivity contribution in [3.05, 3.63) is 77.6 Å². The Morgan fingerprint density at radius 1 is 1.12 bits per heavy atom. The van der Waals surface area contributed by atoms with E-state index in [9.17, 15) is 13.6 Å². The Labute approximate surface area is 143 Å². The van der Waals surface area contributed by atoms with E-state index < -0.39 is 17.7 Å². The van der Waals surface area contributed by atoms with Crippen LogP contribution in [0.1, 0.15) is 11.1 Å². The number of rotatable bonds is 4. The fraction of sp³-hybridized carbons (Fsp3) is 0.111. The quantitative estimate of drug-likeness (QED) is 0.748. The Bertz CT molecular complexity index is 890. The van der Waals surface area contributed by atoms with E-state index >= 15 is 0 Å². The van der Waals surface area contributed by atoms with Crippen LogP contribution in [0, 0.1) is 18.6 Å². The molecule has 0 bridgehead atoms. The van der Waals surface area contributed by atoms with E-state index in [0.717, 1.165) is 17.7 Å². The summed E-state index contributed by atoms with van der Waals surface area (Å²) in [6.07, 6.45) is 3.16. The van der Waals surface area contributed by atoms with Crippen molar-refractivity contribution in [2.75, 3.05) is 10.6 Å². The zero-order valence-electron chi connectivity index (χ0n) is 13.5. The summed E-state index contributed by atoms with van der Waals surface area (Å²) in [5, 5.41) is 9.05. The minimum Gasteiger partial charge on any atom is -0.305 e. The molecular formula is C18H16F2N4O. The summed E-state index contributed by atoms with van der Waals surface area (Å²) in [6.45, 7) is 2.58. The van der Waals surface area contributed by atoms with Gasteiger partial charge in [0, 0.05) is 12.3 Å². The van der Waals surface area contributed by atoms with Crippen LogP contribution < -0.4 is 10.6 Å². The lowest BCUT2D eigenvalue weighted by atomic mass is 10.1. The van der Waals surface area contributed by atoms with Crippen molar-refractivity contribution in [2.24, 2.45) is 0 Å². The molecule has 0 aliphatic rings. The summed E-state index contributed by atoms with van der Waals surface area (Å²) in [5.41, 5.74) is 2.62. The molecule has 5 nitrogen and oxygen atoms in total. The number of nitrogens with zero attached hydrogens (tertiary/aromatic N) is 2. The van der Waals surface area contributed by atoms with Crippen molar-refractivity contribution < 1.29 is 13.6 Å². The van der Waals surface area contributed by atoms with E-state index in [0.29, 0.717) is 18.3 Å². The standard InChI is InChI=1S/C18H16F2N4O/c1-12-2-4-13(5-3-12)10-24-11-15(9-21-24)22-18(25)23-17-7-6-14(19)8-16(17)20/h2-9,11H,10H2,1H3,(H2,22,23,25). The van der Waals surface area contributed by atoms with Gasteiger partial charge in [-0.1, -0.05) is 29.8 Å². The van der Waals surface area contributed by atoms with Crippen molar-refractivity contribution >= 4 is 17.4 Å². The van der Waals surface area contributed by atoms with Gasteiger partial charge in [-0.15, -0.1) is 0 Å². The number of amides is 2. The molecule has 2 N–H and O–H groups in total. The lowest BCUT2D eigenvalue weighted by molar-refractivity contribution is 0.262. The first-order chi connectivity index (χ1) is 12.0. The molecule has 0 unspecified atom stereocenters. The number of carbonyl (C=O) groups is 1. The molecular weight excluding hydrogens is 326 g/mol. The molecule has 1 heterocycles. The van der Waals surface area contributed by atoms with Gasteiger partial charge in [0.05, 0.1) is 24.1 Å². The summed E-state index contributed by atoms with van der Waals surface area (Å²) in [7, 11) is 0. The zero-order chi connectivity index (χ0) is 17.8. The normalized spacial score (nSPS) is 10.5. The monoisotopic (exact) mass is 342 g/mol. The van der Waals surface area contributed by atoms with Crippen molar-refractivity contribution in [3.63, 3.8) is 0 Å². The van der Waals surface area contributed by atoms with Gasteiger partial charge >= 0.3 is 6.03 Å². The lowest BCUT2D eigenvalue weighted by Crippen LogP contribution is -2.19. The van der Waals surface area contributed by atoms with Crippen LogP contribution in [-0.2, 0) is 6.54 Å². The van der Waals surface area contributed by atoms with E-state index in [1.807, 2.05) is 31.2 Å². The van der Waals surface area contributed by atoms with Crippen LogP contribution >= 0.6 is 0 Å². The highest BCUT2D eigenvalue weighted by Crippen LogP contribution is 2.16. The van der Waals surface area contributed by atoms with Crippen LogP contribution in [0.5, 0.6) is 0 Å². The summed E-state index contributed by atoms with van der Waals surface area (Å²) in [6, 6.07) is 10.3. The Morgan fingerprint density at radius 2 is 1.88 bits per heavy atom. The minimum atomic E-state index is -0.842. The highest BCUT2D eigenvalue weighted by atomic mass is 19.1. The predicted octanol–water partition coefficient (Wildman–Crippen LogP) is 4.16. The van der Waals surface area contributed by atoms with E-state index in [2.05, 4.69) is 15.7 Å². The number of aryl methyl sites for hydroxylation is 1. The van der Waals surface area contributed by atoms with E-state index in [-0.39, 0.29) is 5.69 Å². The van der Waals surface area contributed by atoms with Crippen LogP contribution in [-0.4, -0.2) is 15.8 Å². The molecule has 2 amide bonds. The number of carbonyl (C=O) groups excluding carboxylic acids is 1. The molecule has 0 aliphatic heterocycles. The van der Waals surface area contributed by atoms with Crippen molar-refractivity contribution in [1.82, 2.24) is 9.78 Å². The molecule has 3 aromatic rings. The second-order valence-corrected chi connectivity index (χ2v) is 5.62. The number of halogens is 2. The number of urea groups is 1. The number of hydrogen-bond donors (Lipinski definition) is 2. The predicted molar refractivity (Wildman–Crippen MR) is 91.5 cm³/mol. The molecule has 0 saturated carbocycles. The van der Waals surface area contributed by atoms with Gasteiger partial charge < -0.3 is 10.6 Å². The molecule has 0 saturated heterocycles. The molecule has 1 aromatic heterocycles. The summed E-state index contributed by atoms with van der Waals surface area (Å²) >= 11 is 0. The first-order valence-corrected chi connectivity index (χ1v) is 7.61. The van der Waals surface area contributed by atoms with Crippen LogP contribution in [0.2, 0.25) is 0 Å². The molecule has 25 heavy (non-hydrogen) atoms. The van der Waals surface area contributed by atoms with Gasteiger partial charge in [0.1, 0.15) is 11.6 Å². The topological polar surface area (TPSA) is 59.0 Å². The average molecular weight is 342 g/mol. The summed E-state index contributed by atoms with van der Waals surface area (Å²) in [5.74, 6) is -1.55. The van der Waals surface area contributed by atoms with Gasteiger partial charge in [0.2, 0.25) is 0 Å². The SMILES string of the molecule is Cc1ccc(Cn2cc(NC(=O)Nc3ccc(F)cc3F)cn2)cc1. The largest absolute Gasteiger partial charge is 0.323 e. The maximum Gasteiger partial charge on any atom is 0.323 e. The highest BCUT2D eigenvalue weighted by Gasteiger charge is 2.09. The van der Waals surface area contributed by atoms with Gasteiger partial charge in [0.25, 0.3) is 0 Å². The second kappa shape index (κ2) is 7.12. The van der Waals surface area contributed by atoms with Gasteiger partial charge in [-0.3, -0.25) is 4.68 Å². The van der Waals surface area contributed by atoms with Gasteiger partial charge in [0.15, 0.2) is 0 Å². The summed E-state index contributed by atoms with van der Waals surface area (Å²) < 4.78 is 28.1. The van der Waals surface area contributed by atoms with Gasteiger partial charge in [-0.05, 0) is 24.6 Å². The third-order valence-corrected chi connectivity index (χ3v) is 3.54. The van der Waals surface area contributed by atoms with E-state index in [1.54, 1.807) is 10.9 Å². The maximum atomic E-state index is 13.5. The number of benzene rings is 2. The van der Waals surface area contributed by atoms with Crippen LogP contribution in [0.15, 0.2) is 54.9 Å². The number of hydrogen-bond acceptors (Lipinski definition) is 2. The Hall–Kier alpha value is -3.22. The molecule has 3 rings (SSSR count). The fourth-order valence-electron chi connectivity index (χ4n) is 2.27. The number of nitrogens with one attached hydrogen (secondary N) is 2. The molecule has 0 aliphatic carbocycles. The average Bonchev–Trinajstić information content (AvgIpc) is 2.99. The van der Waals surface area contributed by atoms with E-state index in [4.69, 9.17) is 0 Å². The first kappa shape index (κ1) is 16.6. The zero-order valence-corrected chi connectivity index (χ0v) is 13.5. The minimum absolute atomic E-state index is 0.106.